The summed E-state index contributed by atoms with van der Waals surface area (Å²) >= 11 is 0. The van der Waals surface area contributed by atoms with E-state index in [9.17, 15) is 4.39 Å². The number of nitrogens with zero attached hydrogens (tertiary/aromatic N) is 3. The number of likely N-dealkylation sites (tertiary alicyclic amines) is 1. The van der Waals surface area contributed by atoms with Crippen LogP contribution in [0.5, 0.6) is 0 Å². The minimum atomic E-state index is -0.182. The number of hydrogen-bond acceptors (Lipinski definition) is 4. The summed E-state index contributed by atoms with van der Waals surface area (Å²) in [6, 6.07) is 5.99. The predicted molar refractivity (Wildman–Crippen MR) is 100 cm³/mol. The minimum absolute atomic E-state index is 0.182. The summed E-state index contributed by atoms with van der Waals surface area (Å²) in [5, 5.41) is 3.59. The van der Waals surface area contributed by atoms with E-state index >= 15 is 0 Å². The molecule has 0 spiro atoms. The maximum absolute atomic E-state index is 13.5. The third-order valence-electron chi connectivity index (χ3n) is 5.11. The quantitative estimate of drug-likeness (QED) is 0.826. The van der Waals surface area contributed by atoms with E-state index in [1.807, 2.05) is 25.1 Å². The number of nitrogens with one attached hydrogen (secondary N) is 1. The van der Waals surface area contributed by atoms with Gasteiger partial charge in [-0.15, -0.1) is 0 Å². The maximum atomic E-state index is 13.5. The van der Waals surface area contributed by atoms with Crippen molar-refractivity contribution in [2.24, 2.45) is 0 Å². The SMILES string of the molecule is C[C@@H](NCCN1CCC(N(C)C)CC1)c1ccc(F)cc1N(C)C. The van der Waals surface area contributed by atoms with Crippen LogP contribution in [0.25, 0.3) is 0 Å². The summed E-state index contributed by atoms with van der Waals surface area (Å²) in [4.78, 5) is 6.86. The van der Waals surface area contributed by atoms with Crippen molar-refractivity contribution in [3.63, 3.8) is 0 Å². The molecule has 1 saturated heterocycles. The van der Waals surface area contributed by atoms with Crippen LogP contribution < -0.4 is 10.2 Å². The van der Waals surface area contributed by atoms with Gasteiger partial charge in [0.1, 0.15) is 5.82 Å². The molecule has 0 unspecified atom stereocenters. The second kappa shape index (κ2) is 8.79. The summed E-state index contributed by atoms with van der Waals surface area (Å²) in [5.41, 5.74) is 2.09. The fraction of sp³-hybridized carbons (Fsp3) is 0.684. The summed E-state index contributed by atoms with van der Waals surface area (Å²) in [6.07, 6.45) is 2.51. The zero-order valence-corrected chi connectivity index (χ0v) is 15.8. The Kier molecular flexibility index (Phi) is 7.02. The van der Waals surface area contributed by atoms with E-state index in [-0.39, 0.29) is 11.9 Å². The molecule has 136 valence electrons. The first kappa shape index (κ1) is 19.2. The standard InChI is InChI=1S/C19H33FN4/c1-15(18-7-6-16(20)14-19(18)23(4)5)21-10-13-24-11-8-17(9-12-24)22(2)3/h6-7,14-15,17,21H,8-13H2,1-5H3/t15-/m1/s1. The van der Waals surface area contributed by atoms with E-state index in [2.05, 4.69) is 36.1 Å². The van der Waals surface area contributed by atoms with Crippen molar-refractivity contribution >= 4 is 5.69 Å². The van der Waals surface area contributed by atoms with Crippen LogP contribution >= 0.6 is 0 Å². The van der Waals surface area contributed by atoms with Gasteiger partial charge in [0, 0.05) is 45.0 Å². The molecule has 1 heterocycles. The van der Waals surface area contributed by atoms with Gasteiger partial charge in [0.2, 0.25) is 0 Å². The van der Waals surface area contributed by atoms with Crippen molar-refractivity contribution in [3.8, 4) is 0 Å². The van der Waals surface area contributed by atoms with Crippen LogP contribution in [0.15, 0.2) is 18.2 Å². The van der Waals surface area contributed by atoms with Crippen LogP contribution in [0.1, 0.15) is 31.4 Å². The van der Waals surface area contributed by atoms with Crippen molar-refractivity contribution in [2.45, 2.75) is 31.8 Å². The first-order chi connectivity index (χ1) is 11.4. The van der Waals surface area contributed by atoms with Gasteiger partial charge in [0.15, 0.2) is 0 Å². The second-order valence-electron chi connectivity index (χ2n) is 7.31. The minimum Gasteiger partial charge on any atom is -0.377 e. The Morgan fingerprint density at radius 2 is 1.88 bits per heavy atom. The van der Waals surface area contributed by atoms with Crippen LogP contribution in [0.2, 0.25) is 0 Å². The van der Waals surface area contributed by atoms with Gasteiger partial charge in [-0.25, -0.2) is 4.39 Å². The van der Waals surface area contributed by atoms with Crippen LogP contribution in [-0.2, 0) is 0 Å². The monoisotopic (exact) mass is 336 g/mol. The Morgan fingerprint density at radius 3 is 2.46 bits per heavy atom. The molecule has 1 aromatic rings. The lowest BCUT2D eigenvalue weighted by Crippen LogP contribution is -2.44. The average molecular weight is 336 g/mol. The summed E-state index contributed by atoms with van der Waals surface area (Å²) in [5.74, 6) is -0.182. The molecule has 0 amide bonds. The Balaban J connectivity index is 1.81. The van der Waals surface area contributed by atoms with Gasteiger partial charge in [-0.2, -0.15) is 0 Å². The highest BCUT2D eigenvalue weighted by molar-refractivity contribution is 5.54. The van der Waals surface area contributed by atoms with E-state index in [0.29, 0.717) is 0 Å². The molecule has 0 bridgehead atoms. The fourth-order valence-electron chi connectivity index (χ4n) is 3.48. The van der Waals surface area contributed by atoms with E-state index in [4.69, 9.17) is 0 Å². The van der Waals surface area contributed by atoms with Crippen LogP contribution in [0.4, 0.5) is 10.1 Å². The van der Waals surface area contributed by atoms with Gasteiger partial charge in [-0.05, 0) is 64.6 Å². The first-order valence-electron chi connectivity index (χ1n) is 8.97. The third-order valence-corrected chi connectivity index (χ3v) is 5.11. The Hall–Kier alpha value is -1.17. The van der Waals surface area contributed by atoms with E-state index in [1.165, 1.54) is 25.9 Å². The fourth-order valence-corrected chi connectivity index (χ4v) is 3.48. The lowest BCUT2D eigenvalue weighted by Gasteiger charge is -2.35. The van der Waals surface area contributed by atoms with Crippen molar-refractivity contribution < 1.29 is 4.39 Å². The third kappa shape index (κ3) is 5.16. The lowest BCUT2D eigenvalue weighted by molar-refractivity contribution is 0.145. The highest BCUT2D eigenvalue weighted by Gasteiger charge is 2.20. The number of halogens is 1. The topological polar surface area (TPSA) is 21.8 Å². The number of benzene rings is 1. The summed E-state index contributed by atoms with van der Waals surface area (Å²) < 4.78 is 13.5. The number of hydrogen-bond donors (Lipinski definition) is 1. The van der Waals surface area contributed by atoms with Crippen LogP contribution in [0.3, 0.4) is 0 Å². The van der Waals surface area contributed by atoms with Crippen molar-refractivity contribution in [3.05, 3.63) is 29.6 Å². The molecule has 0 aromatic heterocycles. The largest absolute Gasteiger partial charge is 0.377 e. The van der Waals surface area contributed by atoms with Gasteiger partial charge in [-0.1, -0.05) is 6.07 Å². The first-order valence-corrected chi connectivity index (χ1v) is 8.97. The molecular formula is C19H33FN4. The van der Waals surface area contributed by atoms with Crippen LogP contribution in [-0.4, -0.2) is 70.2 Å². The molecule has 1 atom stereocenters. The normalized spacial score (nSPS) is 18.1. The highest BCUT2D eigenvalue weighted by Crippen LogP contribution is 2.26. The highest BCUT2D eigenvalue weighted by atomic mass is 19.1. The van der Waals surface area contributed by atoms with Gasteiger partial charge in [0.05, 0.1) is 0 Å². The average Bonchev–Trinajstić information content (AvgIpc) is 2.55. The van der Waals surface area contributed by atoms with E-state index in [1.54, 1.807) is 12.1 Å². The maximum Gasteiger partial charge on any atom is 0.125 e. The molecule has 24 heavy (non-hydrogen) atoms. The Morgan fingerprint density at radius 1 is 1.21 bits per heavy atom. The number of anilines is 1. The zero-order chi connectivity index (χ0) is 17.7. The Bertz CT molecular complexity index is 510. The second-order valence-corrected chi connectivity index (χ2v) is 7.31. The molecule has 0 saturated carbocycles. The predicted octanol–water partition coefficient (Wildman–Crippen LogP) is 2.57. The van der Waals surface area contributed by atoms with Gasteiger partial charge < -0.3 is 20.0 Å². The van der Waals surface area contributed by atoms with Crippen molar-refractivity contribution in [1.82, 2.24) is 15.1 Å². The number of piperidine rings is 1. The number of rotatable bonds is 7. The lowest BCUT2D eigenvalue weighted by atomic mass is 10.0. The molecule has 4 nitrogen and oxygen atoms in total. The van der Waals surface area contributed by atoms with Gasteiger partial charge in [-0.3, -0.25) is 0 Å². The molecule has 1 aliphatic heterocycles. The smallest absolute Gasteiger partial charge is 0.125 e. The van der Waals surface area contributed by atoms with E-state index < -0.39 is 0 Å². The molecule has 1 fully saturated rings. The summed E-state index contributed by atoms with van der Waals surface area (Å²) in [7, 11) is 8.27. The molecule has 1 aliphatic rings. The van der Waals surface area contributed by atoms with Crippen LogP contribution in [0, 0.1) is 5.82 Å². The zero-order valence-electron chi connectivity index (χ0n) is 15.8. The molecule has 0 radical (unpaired) electrons. The van der Waals surface area contributed by atoms with Gasteiger partial charge in [0.25, 0.3) is 0 Å². The Labute approximate surface area is 146 Å². The molecule has 5 heteroatoms. The van der Waals surface area contributed by atoms with Crippen molar-refractivity contribution in [1.29, 1.82) is 0 Å². The van der Waals surface area contributed by atoms with E-state index in [0.717, 1.165) is 30.4 Å². The molecular weight excluding hydrogens is 303 g/mol. The van der Waals surface area contributed by atoms with Crippen molar-refractivity contribution in [2.75, 3.05) is 59.3 Å². The molecule has 2 rings (SSSR count). The molecule has 1 aromatic carbocycles. The molecule has 1 N–H and O–H groups in total. The molecule has 0 aliphatic carbocycles. The van der Waals surface area contributed by atoms with Gasteiger partial charge >= 0.3 is 0 Å². The summed E-state index contributed by atoms with van der Waals surface area (Å²) in [6.45, 7) is 6.54.